The standard InChI is InChI=1S/C24H20N4O5/c29-23-21-16(15-3-5-18-20(11-15)33-13-32-18)6-7-25-22(21)27-24(28-23)26-12-14-2-4-17-19(10-14)31-9-1-8-30-17/h2-7,10-11H,1,8-9,12-13H2,(H2,25,26,27,28,29). The normalized spacial score (nSPS) is 14.2. The van der Waals surface area contributed by atoms with Gasteiger partial charge in [0, 0.05) is 19.2 Å². The topological polar surface area (TPSA) is 108 Å². The SMILES string of the molecule is O=c1[nH]c(NCc2ccc3c(c2)OCCCO3)nc2nccc(-c3ccc4c(c3)OCO4)c12. The Morgan fingerprint density at radius 2 is 1.70 bits per heavy atom. The van der Waals surface area contributed by atoms with Crippen LogP contribution in [0, 0.1) is 0 Å². The van der Waals surface area contributed by atoms with E-state index < -0.39 is 0 Å². The minimum Gasteiger partial charge on any atom is -0.490 e. The average Bonchev–Trinajstić information content (AvgIpc) is 3.18. The van der Waals surface area contributed by atoms with E-state index in [1.807, 2.05) is 36.4 Å². The van der Waals surface area contributed by atoms with Gasteiger partial charge in [0.05, 0.1) is 18.6 Å². The fourth-order valence-electron chi connectivity index (χ4n) is 3.96. The number of hydrogen-bond acceptors (Lipinski definition) is 8. The van der Waals surface area contributed by atoms with Crippen molar-refractivity contribution in [1.29, 1.82) is 0 Å². The molecular weight excluding hydrogens is 424 g/mol. The van der Waals surface area contributed by atoms with Crippen LogP contribution in [-0.2, 0) is 6.54 Å². The highest BCUT2D eigenvalue weighted by molar-refractivity contribution is 5.92. The third kappa shape index (κ3) is 3.67. The maximum atomic E-state index is 13.0. The summed E-state index contributed by atoms with van der Waals surface area (Å²) in [5.41, 5.74) is 2.61. The molecule has 4 heterocycles. The predicted molar refractivity (Wildman–Crippen MR) is 121 cm³/mol. The Morgan fingerprint density at radius 3 is 2.64 bits per heavy atom. The van der Waals surface area contributed by atoms with Gasteiger partial charge >= 0.3 is 0 Å². The minimum atomic E-state index is -0.276. The Morgan fingerprint density at radius 1 is 0.909 bits per heavy atom. The van der Waals surface area contributed by atoms with Gasteiger partial charge in [-0.2, -0.15) is 4.98 Å². The summed E-state index contributed by atoms with van der Waals surface area (Å²) < 4.78 is 22.3. The van der Waals surface area contributed by atoms with Gasteiger partial charge in [0.2, 0.25) is 12.7 Å². The summed E-state index contributed by atoms with van der Waals surface area (Å²) in [6.45, 7) is 1.91. The van der Waals surface area contributed by atoms with Crippen molar-refractivity contribution in [1.82, 2.24) is 15.0 Å². The highest BCUT2D eigenvalue weighted by atomic mass is 16.7. The summed E-state index contributed by atoms with van der Waals surface area (Å²) >= 11 is 0. The van der Waals surface area contributed by atoms with Gasteiger partial charge in [0.15, 0.2) is 28.6 Å². The summed E-state index contributed by atoms with van der Waals surface area (Å²) in [5.74, 6) is 3.14. The number of H-pyrrole nitrogens is 1. The van der Waals surface area contributed by atoms with Crippen LogP contribution in [0.15, 0.2) is 53.5 Å². The first-order valence-electron chi connectivity index (χ1n) is 10.7. The molecule has 33 heavy (non-hydrogen) atoms. The molecule has 0 radical (unpaired) electrons. The zero-order chi connectivity index (χ0) is 22.2. The van der Waals surface area contributed by atoms with Gasteiger partial charge in [-0.25, -0.2) is 4.98 Å². The Labute approximate surface area is 188 Å². The van der Waals surface area contributed by atoms with E-state index in [9.17, 15) is 4.79 Å². The first kappa shape index (κ1) is 19.4. The number of pyridine rings is 1. The first-order chi connectivity index (χ1) is 16.2. The number of ether oxygens (including phenoxy) is 4. The summed E-state index contributed by atoms with van der Waals surface area (Å²) in [7, 11) is 0. The van der Waals surface area contributed by atoms with Crippen LogP contribution in [0.2, 0.25) is 0 Å². The van der Waals surface area contributed by atoms with Crippen LogP contribution in [0.25, 0.3) is 22.2 Å². The van der Waals surface area contributed by atoms with Crippen molar-refractivity contribution in [2.24, 2.45) is 0 Å². The van der Waals surface area contributed by atoms with Crippen LogP contribution in [0.3, 0.4) is 0 Å². The van der Waals surface area contributed by atoms with Crippen molar-refractivity contribution >= 4 is 17.0 Å². The molecule has 0 aliphatic carbocycles. The van der Waals surface area contributed by atoms with E-state index in [2.05, 4.69) is 20.3 Å². The molecule has 6 rings (SSSR count). The molecule has 9 heteroatoms. The third-order valence-electron chi connectivity index (χ3n) is 5.56. The van der Waals surface area contributed by atoms with Gasteiger partial charge < -0.3 is 24.3 Å². The molecule has 2 aliphatic rings. The van der Waals surface area contributed by atoms with E-state index in [1.165, 1.54) is 0 Å². The Hall–Kier alpha value is -4.27. The van der Waals surface area contributed by atoms with E-state index in [-0.39, 0.29) is 12.4 Å². The van der Waals surface area contributed by atoms with Gasteiger partial charge in [-0.1, -0.05) is 12.1 Å². The summed E-state index contributed by atoms with van der Waals surface area (Å²) in [6, 6.07) is 13.1. The first-order valence-corrected chi connectivity index (χ1v) is 10.7. The Kier molecular flexibility index (Phi) is 4.71. The number of nitrogens with one attached hydrogen (secondary N) is 2. The van der Waals surface area contributed by atoms with Gasteiger partial charge in [-0.15, -0.1) is 0 Å². The third-order valence-corrected chi connectivity index (χ3v) is 5.56. The zero-order valence-electron chi connectivity index (χ0n) is 17.6. The van der Waals surface area contributed by atoms with Crippen LogP contribution in [0.1, 0.15) is 12.0 Å². The molecule has 0 spiro atoms. The van der Waals surface area contributed by atoms with Crippen LogP contribution in [-0.4, -0.2) is 35.0 Å². The number of hydrogen-bond donors (Lipinski definition) is 2. The zero-order valence-corrected chi connectivity index (χ0v) is 17.6. The molecule has 2 aromatic heterocycles. The summed E-state index contributed by atoms with van der Waals surface area (Å²) in [6.07, 6.45) is 2.49. The Balaban J connectivity index is 1.29. The number of fused-ring (bicyclic) bond motifs is 3. The molecular formula is C24H20N4O5. The van der Waals surface area contributed by atoms with Crippen molar-refractivity contribution in [3.63, 3.8) is 0 Å². The molecule has 4 aromatic rings. The lowest BCUT2D eigenvalue weighted by Gasteiger charge is -2.11. The Bertz CT molecular complexity index is 1420. The van der Waals surface area contributed by atoms with E-state index >= 15 is 0 Å². The lowest BCUT2D eigenvalue weighted by Crippen LogP contribution is -2.14. The lowest BCUT2D eigenvalue weighted by atomic mass is 10.0. The van der Waals surface area contributed by atoms with E-state index in [0.29, 0.717) is 48.2 Å². The molecule has 2 aliphatic heterocycles. The summed E-state index contributed by atoms with van der Waals surface area (Å²) in [4.78, 5) is 24.7. The average molecular weight is 444 g/mol. The molecule has 0 unspecified atom stereocenters. The molecule has 0 amide bonds. The number of benzene rings is 2. The molecule has 2 aromatic carbocycles. The number of rotatable bonds is 4. The van der Waals surface area contributed by atoms with Crippen LogP contribution < -0.4 is 29.8 Å². The number of anilines is 1. The highest BCUT2D eigenvalue weighted by Crippen LogP contribution is 2.37. The molecule has 9 nitrogen and oxygen atoms in total. The molecule has 0 bridgehead atoms. The van der Waals surface area contributed by atoms with Gasteiger partial charge in [-0.05, 0) is 47.0 Å². The number of aromatic nitrogens is 3. The predicted octanol–water partition coefficient (Wildman–Crippen LogP) is 3.49. The second-order valence-corrected chi connectivity index (χ2v) is 7.72. The number of nitrogens with zero attached hydrogens (tertiary/aromatic N) is 2. The smallest absolute Gasteiger partial charge is 0.262 e. The molecule has 0 atom stereocenters. The largest absolute Gasteiger partial charge is 0.490 e. The van der Waals surface area contributed by atoms with Crippen LogP contribution in [0.4, 0.5) is 5.95 Å². The molecule has 166 valence electrons. The maximum absolute atomic E-state index is 13.0. The van der Waals surface area contributed by atoms with E-state index in [0.717, 1.165) is 34.6 Å². The molecule has 0 saturated heterocycles. The van der Waals surface area contributed by atoms with E-state index in [1.54, 1.807) is 12.3 Å². The fourth-order valence-corrected chi connectivity index (χ4v) is 3.96. The monoisotopic (exact) mass is 444 g/mol. The highest BCUT2D eigenvalue weighted by Gasteiger charge is 2.17. The van der Waals surface area contributed by atoms with Gasteiger partial charge in [-0.3, -0.25) is 9.78 Å². The second-order valence-electron chi connectivity index (χ2n) is 7.72. The maximum Gasteiger partial charge on any atom is 0.262 e. The second kappa shape index (κ2) is 8.01. The van der Waals surface area contributed by atoms with Gasteiger partial charge in [0.1, 0.15) is 0 Å². The molecule has 0 saturated carbocycles. The molecule has 0 fully saturated rings. The summed E-state index contributed by atoms with van der Waals surface area (Å²) in [5, 5.41) is 3.58. The van der Waals surface area contributed by atoms with Crippen molar-refractivity contribution < 1.29 is 18.9 Å². The minimum absolute atomic E-state index is 0.191. The molecule has 2 N–H and O–H groups in total. The van der Waals surface area contributed by atoms with E-state index in [4.69, 9.17) is 18.9 Å². The van der Waals surface area contributed by atoms with Crippen LogP contribution in [0.5, 0.6) is 23.0 Å². The van der Waals surface area contributed by atoms with Crippen molar-refractivity contribution in [3.05, 3.63) is 64.6 Å². The van der Waals surface area contributed by atoms with Crippen molar-refractivity contribution in [3.8, 4) is 34.1 Å². The van der Waals surface area contributed by atoms with Crippen molar-refractivity contribution in [2.75, 3.05) is 25.3 Å². The van der Waals surface area contributed by atoms with Gasteiger partial charge in [0.25, 0.3) is 5.56 Å². The fraction of sp³-hybridized carbons (Fsp3) is 0.208. The van der Waals surface area contributed by atoms with Crippen LogP contribution >= 0.6 is 0 Å². The lowest BCUT2D eigenvalue weighted by molar-refractivity contribution is 0.174. The quantitative estimate of drug-likeness (QED) is 0.493. The number of aromatic amines is 1. The van der Waals surface area contributed by atoms with Crippen molar-refractivity contribution in [2.45, 2.75) is 13.0 Å².